The summed E-state index contributed by atoms with van der Waals surface area (Å²) in [5, 5.41) is 0. The molecule has 1 aromatic heterocycles. The van der Waals surface area contributed by atoms with Crippen LogP contribution in [0.25, 0.3) is 0 Å². The molecule has 6 nitrogen and oxygen atoms in total. The van der Waals surface area contributed by atoms with Gasteiger partial charge < -0.3 is 14.5 Å². The lowest BCUT2D eigenvalue weighted by Gasteiger charge is -2.39. The van der Waals surface area contributed by atoms with Crippen molar-refractivity contribution in [1.82, 2.24) is 14.8 Å². The number of fused-ring (bicyclic) bond motifs is 1. The van der Waals surface area contributed by atoms with Crippen LogP contribution in [0.5, 0.6) is 0 Å². The summed E-state index contributed by atoms with van der Waals surface area (Å²) < 4.78 is 6.55. The first-order valence-corrected chi connectivity index (χ1v) is 10.5. The number of rotatable bonds is 5. The van der Waals surface area contributed by atoms with Crippen LogP contribution >= 0.6 is 0 Å². The second-order valence-electron chi connectivity index (χ2n) is 8.35. The van der Waals surface area contributed by atoms with Crippen LogP contribution in [-0.4, -0.2) is 71.8 Å². The van der Waals surface area contributed by atoms with Crippen LogP contribution in [0.4, 0.5) is 5.69 Å². The summed E-state index contributed by atoms with van der Waals surface area (Å²) in [5.74, 6) is 0.911. The molecule has 0 bridgehead atoms. The summed E-state index contributed by atoms with van der Waals surface area (Å²) in [7, 11) is 0. The first-order valence-electron chi connectivity index (χ1n) is 10.5. The molecule has 1 unspecified atom stereocenters. The van der Waals surface area contributed by atoms with Gasteiger partial charge in [-0.25, -0.2) is 0 Å². The van der Waals surface area contributed by atoms with E-state index >= 15 is 0 Å². The lowest BCUT2D eigenvalue weighted by molar-refractivity contribution is -0.149. The molecule has 0 N–H and O–H groups in total. The van der Waals surface area contributed by atoms with E-state index in [-0.39, 0.29) is 17.7 Å². The zero-order chi connectivity index (χ0) is 18.9. The predicted molar refractivity (Wildman–Crippen MR) is 106 cm³/mol. The van der Waals surface area contributed by atoms with E-state index in [9.17, 15) is 4.79 Å². The Morgan fingerprint density at radius 2 is 1.93 bits per heavy atom. The summed E-state index contributed by atoms with van der Waals surface area (Å²) in [6, 6.07) is 4.13. The highest BCUT2D eigenvalue weighted by molar-refractivity contribution is 5.79. The predicted octanol–water partition coefficient (Wildman–Crippen LogP) is 2.36. The molecule has 3 fully saturated rings. The largest absolute Gasteiger partial charge is 0.371 e. The van der Waals surface area contributed by atoms with Gasteiger partial charge in [0, 0.05) is 44.3 Å². The van der Waals surface area contributed by atoms with Crippen LogP contribution < -0.4 is 4.90 Å². The average molecular weight is 373 g/mol. The molecule has 1 aromatic rings. The molecule has 0 aromatic carbocycles. The quantitative estimate of drug-likeness (QED) is 0.794. The third kappa shape index (κ3) is 3.83. The number of hydrogen-bond acceptors (Lipinski definition) is 5. The van der Waals surface area contributed by atoms with Gasteiger partial charge in [0.25, 0.3) is 0 Å². The minimum Gasteiger partial charge on any atom is -0.371 e. The van der Waals surface area contributed by atoms with Crippen LogP contribution in [0.1, 0.15) is 39.5 Å². The molecule has 4 heterocycles. The van der Waals surface area contributed by atoms with Gasteiger partial charge in [-0.1, -0.05) is 26.7 Å². The Hall–Kier alpha value is -1.66. The normalized spacial score (nSPS) is 25.4. The van der Waals surface area contributed by atoms with Gasteiger partial charge in [0.05, 0.1) is 18.7 Å². The van der Waals surface area contributed by atoms with Crippen molar-refractivity contribution in [3.8, 4) is 0 Å². The molecule has 148 valence electrons. The molecule has 1 spiro atoms. The summed E-state index contributed by atoms with van der Waals surface area (Å²) in [6.07, 6.45) is 7.92. The van der Waals surface area contributed by atoms with E-state index in [1.807, 2.05) is 17.3 Å². The number of piperazine rings is 1. The molecule has 0 radical (unpaired) electrons. The Labute approximate surface area is 162 Å². The first kappa shape index (κ1) is 18.7. The third-order valence-corrected chi connectivity index (χ3v) is 6.66. The van der Waals surface area contributed by atoms with E-state index in [4.69, 9.17) is 4.74 Å². The van der Waals surface area contributed by atoms with Crippen LogP contribution in [-0.2, 0) is 9.53 Å². The minimum atomic E-state index is -0.158. The molecular formula is C21H32N4O2. The minimum absolute atomic E-state index is 0.0620. The molecule has 0 aliphatic carbocycles. The van der Waals surface area contributed by atoms with Gasteiger partial charge >= 0.3 is 0 Å². The molecular weight excluding hydrogens is 340 g/mol. The number of nitrogens with zero attached hydrogens (tertiary/aromatic N) is 4. The Morgan fingerprint density at radius 3 is 2.59 bits per heavy atom. The lowest BCUT2D eigenvalue weighted by atomic mass is 9.91. The van der Waals surface area contributed by atoms with Crippen molar-refractivity contribution >= 4 is 11.6 Å². The fourth-order valence-electron chi connectivity index (χ4n) is 4.81. The summed E-state index contributed by atoms with van der Waals surface area (Å²) >= 11 is 0. The fraction of sp³-hybridized carbons (Fsp3) is 0.714. The van der Waals surface area contributed by atoms with Gasteiger partial charge in [0.1, 0.15) is 6.23 Å². The maximum atomic E-state index is 12.7. The molecule has 3 aliphatic rings. The van der Waals surface area contributed by atoms with E-state index in [2.05, 4.69) is 40.8 Å². The molecule has 0 saturated carbocycles. The number of anilines is 1. The third-order valence-electron chi connectivity index (χ3n) is 6.66. The monoisotopic (exact) mass is 372 g/mol. The van der Waals surface area contributed by atoms with Crippen molar-refractivity contribution in [2.45, 2.75) is 51.4 Å². The topological polar surface area (TPSA) is 48.9 Å². The van der Waals surface area contributed by atoms with Crippen molar-refractivity contribution < 1.29 is 9.53 Å². The van der Waals surface area contributed by atoms with Gasteiger partial charge in [0.2, 0.25) is 5.91 Å². The highest BCUT2D eigenvalue weighted by Crippen LogP contribution is 2.38. The maximum Gasteiger partial charge on any atom is 0.238 e. The second-order valence-corrected chi connectivity index (χ2v) is 8.35. The van der Waals surface area contributed by atoms with E-state index in [1.54, 1.807) is 0 Å². The van der Waals surface area contributed by atoms with E-state index in [0.717, 1.165) is 45.6 Å². The smallest absolute Gasteiger partial charge is 0.238 e. The number of carbonyl (C=O) groups is 1. The number of piperidine rings is 1. The summed E-state index contributed by atoms with van der Waals surface area (Å²) in [6.45, 7) is 9.60. The molecule has 3 saturated heterocycles. The summed E-state index contributed by atoms with van der Waals surface area (Å²) in [4.78, 5) is 23.6. The van der Waals surface area contributed by atoms with Crippen LogP contribution in [0.2, 0.25) is 0 Å². The van der Waals surface area contributed by atoms with Gasteiger partial charge in [-0.05, 0) is 30.9 Å². The number of hydrogen-bond donors (Lipinski definition) is 0. The zero-order valence-electron chi connectivity index (χ0n) is 16.6. The maximum absolute atomic E-state index is 12.7. The molecule has 1 amide bonds. The molecule has 27 heavy (non-hydrogen) atoms. The molecule has 6 heteroatoms. The van der Waals surface area contributed by atoms with Gasteiger partial charge in [-0.3, -0.25) is 14.7 Å². The second kappa shape index (κ2) is 7.76. The fourth-order valence-corrected chi connectivity index (χ4v) is 4.81. The van der Waals surface area contributed by atoms with Crippen molar-refractivity contribution in [2.24, 2.45) is 5.92 Å². The highest BCUT2D eigenvalue weighted by Gasteiger charge is 2.50. The SMILES string of the molecule is CCC(CC)CN1CC(=O)N2CC3(CCN(c4ccncc4)CC3)OC2C1. The van der Waals surface area contributed by atoms with Crippen LogP contribution in [0.3, 0.4) is 0 Å². The van der Waals surface area contributed by atoms with E-state index in [0.29, 0.717) is 12.5 Å². The molecule has 4 rings (SSSR count). The first-order chi connectivity index (χ1) is 13.1. The van der Waals surface area contributed by atoms with E-state index < -0.39 is 0 Å². The Morgan fingerprint density at radius 1 is 1.22 bits per heavy atom. The Bertz CT molecular complexity index is 641. The average Bonchev–Trinajstić information content (AvgIpc) is 3.05. The van der Waals surface area contributed by atoms with Crippen molar-refractivity contribution in [1.29, 1.82) is 0 Å². The highest BCUT2D eigenvalue weighted by atomic mass is 16.5. The number of carbonyl (C=O) groups excluding carboxylic acids is 1. The zero-order valence-corrected chi connectivity index (χ0v) is 16.6. The van der Waals surface area contributed by atoms with Crippen LogP contribution in [0, 0.1) is 5.92 Å². The van der Waals surface area contributed by atoms with Gasteiger partial charge in [-0.15, -0.1) is 0 Å². The van der Waals surface area contributed by atoms with Crippen molar-refractivity contribution in [2.75, 3.05) is 44.2 Å². The number of ether oxygens (including phenoxy) is 1. The lowest BCUT2D eigenvalue weighted by Crippen LogP contribution is -2.55. The van der Waals surface area contributed by atoms with Gasteiger partial charge in [0.15, 0.2) is 0 Å². The number of pyridine rings is 1. The molecule has 3 aliphatic heterocycles. The van der Waals surface area contributed by atoms with Gasteiger partial charge in [-0.2, -0.15) is 0 Å². The van der Waals surface area contributed by atoms with Crippen molar-refractivity contribution in [3.05, 3.63) is 24.5 Å². The van der Waals surface area contributed by atoms with E-state index in [1.165, 1.54) is 18.5 Å². The van der Waals surface area contributed by atoms with Crippen molar-refractivity contribution in [3.63, 3.8) is 0 Å². The van der Waals surface area contributed by atoms with Crippen LogP contribution in [0.15, 0.2) is 24.5 Å². The molecule has 1 atom stereocenters. The number of aromatic nitrogens is 1. The Balaban J connectivity index is 1.37. The number of amides is 1. The standard InChI is InChI=1S/C21H32N4O2/c1-3-17(4-2)13-23-14-19(26)25-16-21(27-20(25)15-23)7-11-24(12-8-21)18-5-9-22-10-6-18/h5-6,9-10,17,20H,3-4,7-8,11-16H2,1-2H3. The Kier molecular flexibility index (Phi) is 5.37. The summed E-state index contributed by atoms with van der Waals surface area (Å²) in [5.41, 5.74) is 1.07.